The molecule has 45 heavy (non-hydrogen) atoms. The van der Waals surface area contributed by atoms with E-state index >= 15 is 0 Å². The zero-order valence-electron chi connectivity index (χ0n) is 24.8. The van der Waals surface area contributed by atoms with E-state index in [1.165, 1.54) is 51.9 Å². The third kappa shape index (κ3) is 7.79. The molecule has 4 aromatic rings. The molecule has 232 valence electrons. The highest BCUT2D eigenvalue weighted by molar-refractivity contribution is 8.15. The van der Waals surface area contributed by atoms with Gasteiger partial charge in [-0.3, -0.25) is 9.69 Å². The molecule has 0 spiro atoms. The lowest BCUT2D eigenvalue weighted by molar-refractivity contribution is -0.274. The lowest BCUT2D eigenvalue weighted by Crippen LogP contribution is -2.31. The number of anilines is 2. The van der Waals surface area contributed by atoms with Crippen LogP contribution in [0.25, 0.3) is 17.8 Å². The van der Waals surface area contributed by atoms with Crippen LogP contribution in [0, 0.1) is 13.8 Å². The monoisotopic (exact) mass is 634 g/mol. The van der Waals surface area contributed by atoms with E-state index in [-0.39, 0.29) is 23.3 Å². The number of aromatic nitrogens is 3. The number of halogens is 3. The molecule has 2 heterocycles. The predicted molar refractivity (Wildman–Crippen MR) is 170 cm³/mol. The second-order valence-corrected chi connectivity index (χ2v) is 11.5. The Bertz CT molecular complexity index is 1800. The van der Waals surface area contributed by atoms with Crippen LogP contribution in [0.1, 0.15) is 47.8 Å². The molecule has 1 saturated heterocycles. The first-order chi connectivity index (χ1) is 21.4. The van der Waals surface area contributed by atoms with E-state index in [0.717, 1.165) is 27.9 Å². The number of hydrogen-bond donors (Lipinski definition) is 1. The van der Waals surface area contributed by atoms with Gasteiger partial charge in [-0.25, -0.2) is 14.5 Å². The molecule has 3 amide bonds. The molecule has 1 N–H and O–H groups in total. The first-order valence-corrected chi connectivity index (χ1v) is 14.9. The molecule has 0 aliphatic carbocycles. The Morgan fingerprint density at radius 1 is 1.07 bits per heavy atom. The number of ether oxygens (including phenoxy) is 1. The van der Waals surface area contributed by atoms with Crippen molar-refractivity contribution in [1.29, 1.82) is 0 Å². The number of benzene rings is 3. The number of urea groups is 1. The lowest BCUT2D eigenvalue weighted by atomic mass is 9.99. The van der Waals surface area contributed by atoms with Crippen molar-refractivity contribution < 1.29 is 27.5 Å². The number of amidine groups is 1. The average Bonchev–Trinajstić information content (AvgIpc) is 3.58. The summed E-state index contributed by atoms with van der Waals surface area (Å²) in [5.41, 5.74) is 5.52. The summed E-state index contributed by atoms with van der Waals surface area (Å²) in [5, 5.41) is 7.46. The van der Waals surface area contributed by atoms with Crippen molar-refractivity contribution in [3.05, 3.63) is 95.1 Å². The first-order valence-electron chi connectivity index (χ1n) is 13.9. The number of nitrogens with one attached hydrogen (secondary N) is 1. The molecule has 1 aliphatic rings. The highest BCUT2D eigenvalue weighted by Crippen LogP contribution is 2.34. The quantitative estimate of drug-likeness (QED) is 0.223. The Morgan fingerprint density at radius 3 is 2.51 bits per heavy atom. The third-order valence-corrected chi connectivity index (χ3v) is 7.71. The fourth-order valence-corrected chi connectivity index (χ4v) is 5.50. The molecular formula is C32H29F3N6O3S. The summed E-state index contributed by atoms with van der Waals surface area (Å²) in [4.78, 5) is 35.7. The van der Waals surface area contributed by atoms with E-state index < -0.39 is 12.4 Å². The van der Waals surface area contributed by atoms with Crippen LogP contribution in [0.15, 0.2) is 72.0 Å². The number of carbonyl (C=O) groups is 2. The van der Waals surface area contributed by atoms with Gasteiger partial charge in [0.05, 0.1) is 17.1 Å². The van der Waals surface area contributed by atoms with Gasteiger partial charge < -0.3 is 10.1 Å². The molecule has 0 atom stereocenters. The summed E-state index contributed by atoms with van der Waals surface area (Å²) < 4.78 is 42.5. The normalized spacial score (nSPS) is 14.6. The largest absolute Gasteiger partial charge is 0.573 e. The van der Waals surface area contributed by atoms with Crippen LogP contribution in [-0.2, 0) is 4.79 Å². The minimum Gasteiger partial charge on any atom is -0.406 e. The van der Waals surface area contributed by atoms with Gasteiger partial charge in [-0.1, -0.05) is 49.9 Å². The van der Waals surface area contributed by atoms with Crippen LogP contribution in [0.2, 0.25) is 0 Å². The van der Waals surface area contributed by atoms with Crippen LogP contribution in [-0.4, -0.2) is 44.0 Å². The van der Waals surface area contributed by atoms with Crippen LogP contribution >= 0.6 is 11.8 Å². The van der Waals surface area contributed by atoms with E-state index in [4.69, 9.17) is 0 Å². The SMILES string of the molecule is Cc1ccc(C(C)C)c(N2C(=O)CSC2=NC(=O)Nc2ccc(/C=C/c3ncn(-c4ccc(OC(F)(F)F)cc4)n3)c(C)c2)c1. The van der Waals surface area contributed by atoms with E-state index in [2.05, 4.69) is 39.0 Å². The van der Waals surface area contributed by atoms with Gasteiger partial charge in [0.2, 0.25) is 5.91 Å². The van der Waals surface area contributed by atoms with Gasteiger partial charge in [0, 0.05) is 5.69 Å². The second kappa shape index (κ2) is 13.0. The molecule has 0 bridgehead atoms. The van der Waals surface area contributed by atoms with E-state index in [1.54, 1.807) is 18.2 Å². The summed E-state index contributed by atoms with van der Waals surface area (Å²) in [5.74, 6) is 0.317. The van der Waals surface area contributed by atoms with Crippen molar-refractivity contribution in [1.82, 2.24) is 14.8 Å². The number of aryl methyl sites for hydroxylation is 2. The third-order valence-electron chi connectivity index (χ3n) is 6.79. The topological polar surface area (TPSA) is 102 Å². The fourth-order valence-electron chi connectivity index (χ4n) is 4.64. The second-order valence-electron chi connectivity index (χ2n) is 10.6. The predicted octanol–water partition coefficient (Wildman–Crippen LogP) is 7.74. The Morgan fingerprint density at radius 2 is 1.82 bits per heavy atom. The van der Waals surface area contributed by atoms with E-state index in [1.807, 2.05) is 44.2 Å². The Balaban J connectivity index is 1.25. The number of alkyl halides is 3. The van der Waals surface area contributed by atoms with Gasteiger partial charge in [-0.05, 0) is 90.6 Å². The molecule has 0 saturated carbocycles. The Labute approximate surface area is 261 Å². The summed E-state index contributed by atoms with van der Waals surface area (Å²) in [6.45, 7) is 7.95. The molecule has 1 aliphatic heterocycles. The zero-order valence-corrected chi connectivity index (χ0v) is 25.6. The lowest BCUT2D eigenvalue weighted by Gasteiger charge is -2.22. The maximum atomic E-state index is 12.9. The molecule has 5 rings (SSSR count). The fraction of sp³-hybridized carbons (Fsp3) is 0.219. The van der Waals surface area contributed by atoms with E-state index in [9.17, 15) is 22.8 Å². The number of hydrogen-bond acceptors (Lipinski definition) is 6. The molecule has 0 radical (unpaired) electrons. The summed E-state index contributed by atoms with van der Waals surface area (Å²) in [7, 11) is 0. The van der Waals surface area contributed by atoms with E-state index in [0.29, 0.717) is 22.4 Å². The van der Waals surface area contributed by atoms with Gasteiger partial charge in [0.25, 0.3) is 0 Å². The van der Waals surface area contributed by atoms with Crippen molar-refractivity contribution in [2.75, 3.05) is 16.0 Å². The van der Waals surface area contributed by atoms with Crippen molar-refractivity contribution in [3.63, 3.8) is 0 Å². The zero-order chi connectivity index (χ0) is 32.3. The molecule has 1 fully saturated rings. The Kier molecular flexibility index (Phi) is 9.09. The van der Waals surface area contributed by atoms with Crippen molar-refractivity contribution in [3.8, 4) is 11.4 Å². The van der Waals surface area contributed by atoms with Crippen LogP contribution in [0.5, 0.6) is 5.75 Å². The molecular weight excluding hydrogens is 605 g/mol. The Hall–Kier alpha value is -4.91. The minimum absolute atomic E-state index is 0.126. The van der Waals surface area contributed by atoms with Crippen molar-refractivity contribution >= 4 is 52.4 Å². The van der Waals surface area contributed by atoms with Crippen molar-refractivity contribution in [2.24, 2.45) is 4.99 Å². The van der Waals surface area contributed by atoms with Gasteiger partial charge in [-0.15, -0.1) is 18.3 Å². The van der Waals surface area contributed by atoms with Gasteiger partial charge in [-0.2, -0.15) is 4.99 Å². The van der Waals surface area contributed by atoms with Crippen LogP contribution < -0.4 is 15.0 Å². The molecule has 0 unspecified atom stereocenters. The molecule has 13 heteroatoms. The summed E-state index contributed by atoms with van der Waals surface area (Å²) >= 11 is 1.23. The van der Waals surface area contributed by atoms with Gasteiger partial charge in [0.1, 0.15) is 12.1 Å². The van der Waals surface area contributed by atoms with Crippen LogP contribution in [0.4, 0.5) is 29.3 Å². The minimum atomic E-state index is -4.76. The summed E-state index contributed by atoms with van der Waals surface area (Å²) in [6.07, 6.45) is 0.199. The number of aliphatic imine (C=N–C) groups is 1. The van der Waals surface area contributed by atoms with Crippen molar-refractivity contribution in [2.45, 2.75) is 40.0 Å². The van der Waals surface area contributed by atoms with Gasteiger partial charge in [0.15, 0.2) is 11.0 Å². The highest BCUT2D eigenvalue weighted by Gasteiger charge is 2.33. The number of carbonyl (C=O) groups excluding carboxylic acids is 2. The van der Waals surface area contributed by atoms with Gasteiger partial charge >= 0.3 is 12.4 Å². The number of amides is 3. The smallest absolute Gasteiger partial charge is 0.406 e. The average molecular weight is 635 g/mol. The maximum absolute atomic E-state index is 12.9. The molecule has 3 aromatic carbocycles. The molecule has 9 nitrogen and oxygen atoms in total. The number of thioether (sulfide) groups is 1. The highest BCUT2D eigenvalue weighted by atomic mass is 32.2. The standard InChI is InChI=1S/C32H29F3N6O3S/c1-19(2)26-13-5-20(3)15-27(26)41-29(42)17-45-31(41)38-30(43)37-23-8-6-22(21(4)16-23)7-14-28-36-18-40(39-28)24-9-11-25(12-10-24)44-32(33,34)35/h5-16,18-19H,17H2,1-4H3,(H,37,43)/b14-7+,38-31?. The summed E-state index contributed by atoms with van der Waals surface area (Å²) in [6, 6.07) is 16.0. The maximum Gasteiger partial charge on any atom is 0.573 e. The number of nitrogens with zero attached hydrogens (tertiary/aromatic N) is 5. The first kappa shape index (κ1) is 31.5. The van der Waals surface area contributed by atoms with Crippen LogP contribution in [0.3, 0.4) is 0 Å². The number of rotatable bonds is 7. The molecule has 1 aromatic heterocycles.